The number of carboxylic acid groups (broad SMARTS) is 1. The van der Waals surface area contributed by atoms with Crippen LogP contribution in [0, 0.1) is 0 Å². The van der Waals surface area contributed by atoms with Crippen LogP contribution in [0.4, 0.5) is 4.79 Å². The fourth-order valence-electron chi connectivity index (χ4n) is 3.32. The molecule has 0 saturated heterocycles. The maximum absolute atomic E-state index is 12.1. The first kappa shape index (κ1) is 20.3. The molecule has 0 bridgehead atoms. The van der Waals surface area contributed by atoms with Gasteiger partial charge in [0.2, 0.25) is 5.91 Å². The zero-order chi connectivity index (χ0) is 21.0. The molecule has 0 aromatic heterocycles. The van der Waals surface area contributed by atoms with Crippen molar-refractivity contribution in [2.75, 3.05) is 13.2 Å². The monoisotopic (exact) mass is 398 g/mol. The van der Waals surface area contributed by atoms with Crippen LogP contribution in [0.15, 0.2) is 48.5 Å². The van der Waals surface area contributed by atoms with Crippen molar-refractivity contribution >= 4 is 18.0 Å². The van der Waals surface area contributed by atoms with Gasteiger partial charge in [-0.1, -0.05) is 48.5 Å². The Morgan fingerprint density at radius 2 is 1.59 bits per heavy atom. The molecular formula is C21H22N2O6. The Labute approximate surface area is 167 Å². The average molecular weight is 398 g/mol. The van der Waals surface area contributed by atoms with Crippen LogP contribution in [0.3, 0.4) is 0 Å². The van der Waals surface area contributed by atoms with E-state index < -0.39 is 36.7 Å². The SMILES string of the molecule is C[C@H](NC(=O)OCC1c2ccccc2-c2ccccc21)C(=O)NC[C@H](O)C(=O)O. The quantitative estimate of drug-likeness (QED) is 0.560. The molecule has 3 rings (SSSR count). The van der Waals surface area contributed by atoms with Crippen molar-refractivity contribution in [3.63, 3.8) is 0 Å². The third-order valence-electron chi connectivity index (χ3n) is 4.83. The highest BCUT2D eigenvalue weighted by Crippen LogP contribution is 2.44. The van der Waals surface area contributed by atoms with Gasteiger partial charge in [-0.2, -0.15) is 0 Å². The predicted molar refractivity (Wildman–Crippen MR) is 104 cm³/mol. The van der Waals surface area contributed by atoms with Gasteiger partial charge in [0.1, 0.15) is 12.6 Å². The summed E-state index contributed by atoms with van der Waals surface area (Å²) in [5.74, 6) is -2.16. The number of aliphatic hydroxyl groups is 1. The van der Waals surface area contributed by atoms with E-state index in [0.29, 0.717) is 0 Å². The Balaban J connectivity index is 1.56. The summed E-state index contributed by atoms with van der Waals surface area (Å²) in [6.45, 7) is 1.10. The average Bonchev–Trinajstić information content (AvgIpc) is 3.04. The fourth-order valence-corrected chi connectivity index (χ4v) is 3.32. The molecule has 4 N–H and O–H groups in total. The van der Waals surface area contributed by atoms with Crippen molar-refractivity contribution in [2.24, 2.45) is 0 Å². The number of benzene rings is 2. The fraction of sp³-hybridized carbons (Fsp3) is 0.286. The summed E-state index contributed by atoms with van der Waals surface area (Å²) >= 11 is 0. The van der Waals surface area contributed by atoms with E-state index >= 15 is 0 Å². The van der Waals surface area contributed by atoms with Gasteiger partial charge in [-0.05, 0) is 29.2 Å². The summed E-state index contributed by atoms with van der Waals surface area (Å²) < 4.78 is 5.35. The Morgan fingerprint density at radius 1 is 1.03 bits per heavy atom. The Morgan fingerprint density at radius 3 is 2.14 bits per heavy atom. The first-order chi connectivity index (χ1) is 13.9. The second-order valence-corrected chi connectivity index (χ2v) is 6.79. The number of hydrogen-bond acceptors (Lipinski definition) is 5. The number of amides is 2. The zero-order valence-corrected chi connectivity index (χ0v) is 15.8. The lowest BCUT2D eigenvalue weighted by molar-refractivity contribution is -0.146. The molecule has 0 spiro atoms. The summed E-state index contributed by atoms with van der Waals surface area (Å²) in [4.78, 5) is 34.6. The standard InChI is InChI=1S/C21H22N2O6/c1-12(19(25)22-10-18(24)20(26)27)23-21(28)29-11-17-15-8-4-2-6-13(15)14-7-3-5-9-16(14)17/h2-9,12,17-18,24H,10-11H2,1H3,(H,22,25)(H,23,28)(H,26,27)/t12-,18-/m0/s1. The normalized spacial score (nSPS) is 14.3. The lowest BCUT2D eigenvalue weighted by Gasteiger charge is -2.17. The van der Waals surface area contributed by atoms with Gasteiger partial charge in [0.15, 0.2) is 6.10 Å². The molecule has 0 aliphatic heterocycles. The van der Waals surface area contributed by atoms with Gasteiger partial charge in [0, 0.05) is 5.92 Å². The number of carboxylic acids is 1. The van der Waals surface area contributed by atoms with E-state index in [0.717, 1.165) is 22.3 Å². The van der Waals surface area contributed by atoms with Gasteiger partial charge >= 0.3 is 12.1 Å². The van der Waals surface area contributed by atoms with Crippen molar-refractivity contribution in [1.82, 2.24) is 10.6 Å². The van der Waals surface area contributed by atoms with E-state index in [-0.39, 0.29) is 12.5 Å². The molecule has 0 fully saturated rings. The number of hydrogen-bond donors (Lipinski definition) is 4. The number of aliphatic carboxylic acids is 1. The van der Waals surface area contributed by atoms with E-state index in [9.17, 15) is 19.5 Å². The second kappa shape index (κ2) is 8.74. The van der Waals surface area contributed by atoms with E-state index in [1.807, 2.05) is 48.5 Å². The highest BCUT2D eigenvalue weighted by Gasteiger charge is 2.29. The van der Waals surface area contributed by atoms with E-state index in [4.69, 9.17) is 9.84 Å². The maximum atomic E-state index is 12.1. The Bertz CT molecular complexity index is 883. The molecule has 0 saturated carbocycles. The van der Waals surface area contributed by atoms with Crippen LogP contribution < -0.4 is 10.6 Å². The zero-order valence-electron chi connectivity index (χ0n) is 15.8. The topological polar surface area (TPSA) is 125 Å². The third-order valence-corrected chi connectivity index (χ3v) is 4.83. The lowest BCUT2D eigenvalue weighted by Crippen LogP contribution is -2.47. The molecular weight excluding hydrogens is 376 g/mol. The van der Waals surface area contributed by atoms with Gasteiger partial charge in [0.25, 0.3) is 0 Å². The molecule has 8 heteroatoms. The predicted octanol–water partition coefficient (Wildman–Crippen LogP) is 1.48. The molecule has 0 radical (unpaired) electrons. The lowest BCUT2D eigenvalue weighted by atomic mass is 9.98. The van der Waals surface area contributed by atoms with Crippen molar-refractivity contribution in [2.45, 2.75) is 25.0 Å². The first-order valence-electron chi connectivity index (χ1n) is 9.18. The second-order valence-electron chi connectivity index (χ2n) is 6.79. The molecule has 1 aliphatic carbocycles. The minimum atomic E-state index is -1.71. The number of rotatable bonds is 7. The van der Waals surface area contributed by atoms with Crippen molar-refractivity contribution in [1.29, 1.82) is 0 Å². The number of aliphatic hydroxyl groups excluding tert-OH is 1. The van der Waals surface area contributed by atoms with Crippen molar-refractivity contribution < 1.29 is 29.3 Å². The van der Waals surface area contributed by atoms with Crippen molar-refractivity contribution in [3.8, 4) is 11.1 Å². The Kier molecular flexibility index (Phi) is 6.13. The third kappa shape index (κ3) is 4.55. The molecule has 1 aliphatic rings. The van der Waals surface area contributed by atoms with Crippen LogP contribution in [0.1, 0.15) is 24.0 Å². The van der Waals surface area contributed by atoms with Gasteiger partial charge in [0.05, 0.1) is 6.54 Å². The molecule has 2 aromatic rings. The minimum absolute atomic E-state index is 0.0944. The molecule has 2 amide bonds. The van der Waals surface area contributed by atoms with Crippen LogP contribution in [0.2, 0.25) is 0 Å². The molecule has 152 valence electrons. The highest BCUT2D eigenvalue weighted by atomic mass is 16.5. The number of carbonyl (C=O) groups excluding carboxylic acids is 2. The van der Waals surface area contributed by atoms with Crippen molar-refractivity contribution in [3.05, 3.63) is 59.7 Å². The summed E-state index contributed by atoms with van der Waals surface area (Å²) in [7, 11) is 0. The van der Waals surface area contributed by atoms with Gasteiger partial charge in [-0.25, -0.2) is 9.59 Å². The Hall–Kier alpha value is -3.39. The largest absolute Gasteiger partial charge is 0.479 e. The highest BCUT2D eigenvalue weighted by molar-refractivity contribution is 5.86. The van der Waals surface area contributed by atoms with Gasteiger partial charge in [-0.3, -0.25) is 4.79 Å². The summed E-state index contributed by atoms with van der Waals surface area (Å²) in [5, 5.41) is 22.4. The van der Waals surface area contributed by atoms with E-state index in [1.165, 1.54) is 6.92 Å². The van der Waals surface area contributed by atoms with Gasteiger partial charge in [-0.15, -0.1) is 0 Å². The van der Waals surface area contributed by atoms with Crippen LogP contribution >= 0.6 is 0 Å². The van der Waals surface area contributed by atoms with E-state index in [1.54, 1.807) is 0 Å². The number of carbonyl (C=O) groups is 3. The summed E-state index contributed by atoms with van der Waals surface area (Å²) in [6.07, 6.45) is -2.46. The summed E-state index contributed by atoms with van der Waals surface area (Å²) in [5.41, 5.74) is 4.38. The number of fused-ring (bicyclic) bond motifs is 3. The smallest absolute Gasteiger partial charge is 0.407 e. The molecule has 2 atom stereocenters. The minimum Gasteiger partial charge on any atom is -0.479 e. The molecule has 8 nitrogen and oxygen atoms in total. The molecule has 2 aromatic carbocycles. The first-order valence-corrected chi connectivity index (χ1v) is 9.18. The van der Waals surface area contributed by atoms with E-state index in [2.05, 4.69) is 10.6 Å². The van der Waals surface area contributed by atoms with Crippen LogP contribution in [-0.2, 0) is 14.3 Å². The molecule has 0 heterocycles. The van der Waals surface area contributed by atoms with Crippen LogP contribution in [-0.4, -0.2) is 53.5 Å². The molecule has 0 unspecified atom stereocenters. The van der Waals surface area contributed by atoms with Gasteiger partial charge < -0.3 is 25.6 Å². The maximum Gasteiger partial charge on any atom is 0.407 e. The number of nitrogens with one attached hydrogen (secondary N) is 2. The number of alkyl carbamates (subject to hydrolysis) is 1. The van der Waals surface area contributed by atoms with Crippen LogP contribution in [0.5, 0.6) is 0 Å². The number of ether oxygens (including phenoxy) is 1. The molecule has 29 heavy (non-hydrogen) atoms. The van der Waals surface area contributed by atoms with Crippen LogP contribution in [0.25, 0.3) is 11.1 Å². The summed E-state index contributed by atoms with van der Waals surface area (Å²) in [6, 6.07) is 14.9.